The minimum Gasteiger partial charge on any atom is -0.352 e. The van der Waals surface area contributed by atoms with Crippen molar-refractivity contribution in [3.63, 3.8) is 0 Å². The second kappa shape index (κ2) is 6.76. The number of carbonyl (C=O) groups excluding carboxylic acids is 1. The summed E-state index contributed by atoms with van der Waals surface area (Å²) in [5, 5.41) is 7.77. The molecule has 0 aliphatic rings. The zero-order valence-electron chi connectivity index (χ0n) is 12.5. The van der Waals surface area contributed by atoms with Crippen LogP contribution >= 0.6 is 0 Å². The Hall–Kier alpha value is -2.45. The van der Waals surface area contributed by atoms with E-state index in [1.807, 2.05) is 0 Å². The lowest BCUT2D eigenvalue weighted by atomic mass is 10.1. The zero-order valence-corrected chi connectivity index (χ0v) is 13.3. The number of carbonyl (C=O) groups is 1. The number of nitrogens with one attached hydrogen (secondary N) is 1. The van der Waals surface area contributed by atoms with Gasteiger partial charge in [0.15, 0.2) is 0 Å². The molecule has 0 aliphatic heterocycles. The van der Waals surface area contributed by atoms with E-state index in [0.29, 0.717) is 18.5 Å². The predicted octanol–water partition coefficient (Wildman–Crippen LogP) is 0.00520. The van der Waals surface area contributed by atoms with Crippen molar-refractivity contribution >= 4 is 15.9 Å². The molecule has 0 radical (unpaired) electrons. The molecule has 1 aromatic heterocycles. The summed E-state index contributed by atoms with van der Waals surface area (Å²) in [5.74, 6) is -0.276. The van der Waals surface area contributed by atoms with E-state index >= 15 is 0 Å². The predicted molar refractivity (Wildman–Crippen MR) is 85.5 cm³/mol. The number of aryl methyl sites for hydroxylation is 1. The number of pyridine rings is 1. The van der Waals surface area contributed by atoms with E-state index in [4.69, 9.17) is 5.14 Å². The van der Waals surface area contributed by atoms with Crippen molar-refractivity contribution in [3.05, 3.63) is 64.1 Å². The Bertz CT molecular complexity index is 870. The Kier molecular flexibility index (Phi) is 4.97. The summed E-state index contributed by atoms with van der Waals surface area (Å²) in [6.07, 6.45) is 2.01. The Morgan fingerprint density at radius 2 is 1.83 bits per heavy atom. The van der Waals surface area contributed by atoms with Crippen LogP contribution < -0.4 is 16.0 Å². The minimum atomic E-state index is -3.69. The molecule has 1 aromatic carbocycles. The molecule has 0 saturated heterocycles. The van der Waals surface area contributed by atoms with Crippen molar-refractivity contribution in [3.8, 4) is 0 Å². The first-order valence-electron chi connectivity index (χ1n) is 6.84. The largest absolute Gasteiger partial charge is 0.352 e. The molecule has 122 valence electrons. The van der Waals surface area contributed by atoms with Crippen molar-refractivity contribution in [2.45, 2.75) is 11.3 Å². The van der Waals surface area contributed by atoms with E-state index in [-0.39, 0.29) is 16.4 Å². The molecular weight excluding hydrogens is 318 g/mol. The van der Waals surface area contributed by atoms with E-state index in [1.165, 1.54) is 35.0 Å². The standard InChI is InChI=1S/C15H17N3O4S/c1-18-10-12(4-7-14(18)19)15(20)17-9-8-11-2-5-13(6-3-11)23(16,21)22/h2-7,10H,8-9H2,1H3,(H,17,20)(H2,16,21,22). The van der Waals surface area contributed by atoms with E-state index in [1.54, 1.807) is 19.2 Å². The van der Waals surface area contributed by atoms with Crippen molar-refractivity contribution in [2.75, 3.05) is 6.54 Å². The third-order valence-corrected chi connectivity index (χ3v) is 4.23. The van der Waals surface area contributed by atoms with Crippen LogP contribution in [-0.4, -0.2) is 25.4 Å². The zero-order chi connectivity index (χ0) is 17.0. The molecule has 1 heterocycles. The lowest BCUT2D eigenvalue weighted by Gasteiger charge is -2.07. The Labute approximate surface area is 133 Å². The molecule has 0 spiro atoms. The van der Waals surface area contributed by atoms with Crippen molar-refractivity contribution in [2.24, 2.45) is 12.2 Å². The molecule has 1 amide bonds. The van der Waals surface area contributed by atoms with Gasteiger partial charge in [0.25, 0.3) is 5.91 Å². The summed E-state index contributed by atoms with van der Waals surface area (Å²) < 4.78 is 23.6. The topological polar surface area (TPSA) is 111 Å². The van der Waals surface area contributed by atoms with Gasteiger partial charge in [-0.1, -0.05) is 12.1 Å². The molecule has 0 atom stereocenters. The number of amides is 1. The van der Waals surface area contributed by atoms with Crippen LogP contribution in [-0.2, 0) is 23.5 Å². The number of hydrogen-bond donors (Lipinski definition) is 2. The number of aromatic nitrogens is 1. The quantitative estimate of drug-likeness (QED) is 0.801. The van der Waals surface area contributed by atoms with Gasteiger partial charge < -0.3 is 9.88 Å². The van der Waals surface area contributed by atoms with Crippen LogP contribution in [0.4, 0.5) is 0 Å². The molecule has 2 aromatic rings. The van der Waals surface area contributed by atoms with Gasteiger partial charge in [-0.3, -0.25) is 9.59 Å². The van der Waals surface area contributed by atoms with Crippen LogP contribution in [0.25, 0.3) is 0 Å². The molecule has 3 N–H and O–H groups in total. The van der Waals surface area contributed by atoms with Gasteiger partial charge in [0, 0.05) is 25.9 Å². The fourth-order valence-corrected chi connectivity index (χ4v) is 2.51. The summed E-state index contributed by atoms with van der Waals surface area (Å²) >= 11 is 0. The van der Waals surface area contributed by atoms with Crippen LogP contribution in [0.1, 0.15) is 15.9 Å². The van der Waals surface area contributed by atoms with Crippen LogP contribution in [0, 0.1) is 0 Å². The number of sulfonamides is 1. The average Bonchev–Trinajstić information content (AvgIpc) is 2.49. The Morgan fingerprint density at radius 1 is 1.17 bits per heavy atom. The Balaban J connectivity index is 1.93. The van der Waals surface area contributed by atoms with Crippen LogP contribution in [0.15, 0.2) is 52.3 Å². The molecule has 0 aliphatic carbocycles. The van der Waals surface area contributed by atoms with Gasteiger partial charge in [-0.05, 0) is 30.2 Å². The van der Waals surface area contributed by atoms with E-state index in [9.17, 15) is 18.0 Å². The van der Waals surface area contributed by atoms with Crippen molar-refractivity contribution in [1.29, 1.82) is 0 Å². The first-order chi connectivity index (χ1) is 10.8. The highest BCUT2D eigenvalue weighted by Gasteiger charge is 2.08. The molecule has 23 heavy (non-hydrogen) atoms. The maximum absolute atomic E-state index is 12.0. The highest BCUT2D eigenvalue weighted by molar-refractivity contribution is 7.89. The van der Waals surface area contributed by atoms with E-state index in [2.05, 4.69) is 5.32 Å². The highest BCUT2D eigenvalue weighted by atomic mass is 32.2. The molecule has 8 heteroatoms. The average molecular weight is 335 g/mol. The fourth-order valence-electron chi connectivity index (χ4n) is 2.00. The van der Waals surface area contributed by atoms with Crippen molar-refractivity contribution < 1.29 is 13.2 Å². The van der Waals surface area contributed by atoms with Crippen molar-refractivity contribution in [1.82, 2.24) is 9.88 Å². The third kappa shape index (κ3) is 4.51. The number of nitrogens with two attached hydrogens (primary N) is 1. The summed E-state index contributed by atoms with van der Waals surface area (Å²) in [7, 11) is -2.12. The summed E-state index contributed by atoms with van der Waals surface area (Å²) in [6, 6.07) is 8.97. The van der Waals surface area contributed by atoms with Gasteiger partial charge in [0.05, 0.1) is 10.5 Å². The first kappa shape index (κ1) is 16.9. The van der Waals surface area contributed by atoms with Gasteiger partial charge in [-0.25, -0.2) is 13.6 Å². The number of primary sulfonamides is 1. The number of rotatable bonds is 5. The summed E-state index contributed by atoms with van der Waals surface area (Å²) in [5.41, 5.74) is 1.09. The Morgan fingerprint density at radius 3 is 2.39 bits per heavy atom. The van der Waals surface area contributed by atoms with Crippen LogP contribution in [0.3, 0.4) is 0 Å². The van der Waals surface area contributed by atoms with Crippen LogP contribution in [0.2, 0.25) is 0 Å². The van der Waals surface area contributed by atoms with Gasteiger partial charge in [-0.15, -0.1) is 0 Å². The summed E-state index contributed by atoms with van der Waals surface area (Å²) in [4.78, 5) is 23.3. The van der Waals surface area contributed by atoms with E-state index < -0.39 is 10.0 Å². The molecule has 0 unspecified atom stereocenters. The molecule has 0 bridgehead atoms. The maximum atomic E-state index is 12.0. The van der Waals surface area contributed by atoms with Crippen LogP contribution in [0.5, 0.6) is 0 Å². The van der Waals surface area contributed by atoms with Gasteiger partial charge in [-0.2, -0.15) is 0 Å². The molecule has 2 rings (SSSR count). The fraction of sp³-hybridized carbons (Fsp3) is 0.200. The maximum Gasteiger partial charge on any atom is 0.252 e. The highest BCUT2D eigenvalue weighted by Crippen LogP contribution is 2.09. The second-order valence-corrected chi connectivity index (χ2v) is 6.62. The number of hydrogen-bond acceptors (Lipinski definition) is 4. The smallest absolute Gasteiger partial charge is 0.252 e. The number of benzene rings is 1. The molecule has 0 fully saturated rings. The monoisotopic (exact) mass is 335 g/mol. The lowest BCUT2D eigenvalue weighted by molar-refractivity contribution is 0.0953. The van der Waals surface area contributed by atoms with Gasteiger partial charge in [0.1, 0.15) is 0 Å². The van der Waals surface area contributed by atoms with Gasteiger partial charge in [0.2, 0.25) is 15.6 Å². The molecule has 0 saturated carbocycles. The second-order valence-electron chi connectivity index (χ2n) is 5.06. The lowest BCUT2D eigenvalue weighted by Crippen LogP contribution is -2.27. The normalized spacial score (nSPS) is 11.2. The number of nitrogens with zero attached hydrogens (tertiary/aromatic N) is 1. The SMILES string of the molecule is Cn1cc(C(=O)NCCc2ccc(S(N)(=O)=O)cc2)ccc1=O. The summed E-state index contributed by atoms with van der Waals surface area (Å²) in [6.45, 7) is 0.385. The van der Waals surface area contributed by atoms with E-state index in [0.717, 1.165) is 5.56 Å². The van der Waals surface area contributed by atoms with Gasteiger partial charge >= 0.3 is 0 Å². The third-order valence-electron chi connectivity index (χ3n) is 3.30. The molecular formula is C15H17N3O4S. The minimum absolute atomic E-state index is 0.0514. The first-order valence-corrected chi connectivity index (χ1v) is 8.38. The molecule has 7 nitrogen and oxygen atoms in total.